The number of aliphatic hydroxyl groups excluding tert-OH is 1. The van der Waals surface area contributed by atoms with E-state index >= 15 is 0 Å². The van der Waals surface area contributed by atoms with Gasteiger partial charge in [-0.2, -0.15) is 0 Å². The molecule has 0 bridgehead atoms. The molecule has 2 atom stereocenters. The zero-order valence-electron chi connectivity index (χ0n) is 14.5. The average Bonchev–Trinajstić information content (AvgIpc) is 2.33. The molecule has 1 amide bonds. The molecule has 8 heteroatoms. The standard InChI is InChI=1S/C15H30N2O5S/c1-12(18)10-17(14(19)22-15(2,3)4)8-7-16-13-6-5-9-23(20,21)11-13/h12-13,16,18H,5-11H2,1-4H3. The van der Waals surface area contributed by atoms with Crippen molar-refractivity contribution in [3.63, 3.8) is 0 Å². The van der Waals surface area contributed by atoms with Crippen LogP contribution in [0, 0.1) is 0 Å². The zero-order valence-corrected chi connectivity index (χ0v) is 15.4. The summed E-state index contributed by atoms with van der Waals surface area (Å²) in [4.78, 5) is 13.6. The van der Waals surface area contributed by atoms with Crippen LogP contribution in [0.2, 0.25) is 0 Å². The van der Waals surface area contributed by atoms with Crippen LogP contribution >= 0.6 is 0 Å². The van der Waals surface area contributed by atoms with E-state index in [0.717, 1.165) is 6.42 Å². The minimum absolute atomic E-state index is 0.0687. The van der Waals surface area contributed by atoms with Gasteiger partial charge in [-0.25, -0.2) is 13.2 Å². The maximum absolute atomic E-state index is 12.1. The molecule has 1 aliphatic heterocycles. The lowest BCUT2D eigenvalue weighted by Crippen LogP contribution is -2.47. The monoisotopic (exact) mass is 350 g/mol. The Labute approximate surface area is 139 Å². The maximum Gasteiger partial charge on any atom is 0.410 e. The first kappa shape index (κ1) is 20.2. The van der Waals surface area contributed by atoms with E-state index in [1.54, 1.807) is 27.7 Å². The number of sulfone groups is 1. The van der Waals surface area contributed by atoms with Gasteiger partial charge in [-0.05, 0) is 40.5 Å². The quantitative estimate of drug-likeness (QED) is 0.735. The van der Waals surface area contributed by atoms with Gasteiger partial charge in [0.2, 0.25) is 0 Å². The number of carbonyl (C=O) groups excluding carboxylic acids is 1. The fraction of sp³-hybridized carbons (Fsp3) is 0.933. The van der Waals surface area contributed by atoms with E-state index in [1.807, 2.05) is 0 Å². The minimum atomic E-state index is -2.95. The number of amides is 1. The van der Waals surface area contributed by atoms with Crippen LogP contribution in [0.3, 0.4) is 0 Å². The van der Waals surface area contributed by atoms with Crippen LogP contribution in [0.4, 0.5) is 4.79 Å². The molecule has 23 heavy (non-hydrogen) atoms. The molecular weight excluding hydrogens is 320 g/mol. The number of carbonyl (C=O) groups is 1. The number of hydrogen-bond acceptors (Lipinski definition) is 6. The number of aliphatic hydroxyl groups is 1. The molecule has 0 saturated carbocycles. The number of nitrogens with zero attached hydrogens (tertiary/aromatic N) is 1. The van der Waals surface area contributed by atoms with E-state index in [2.05, 4.69) is 5.32 Å². The summed E-state index contributed by atoms with van der Waals surface area (Å²) >= 11 is 0. The van der Waals surface area contributed by atoms with Crippen LogP contribution < -0.4 is 5.32 Å². The molecule has 2 N–H and O–H groups in total. The van der Waals surface area contributed by atoms with Crippen molar-refractivity contribution in [2.75, 3.05) is 31.1 Å². The molecule has 136 valence electrons. The second kappa shape index (κ2) is 8.30. The van der Waals surface area contributed by atoms with E-state index in [4.69, 9.17) is 4.74 Å². The first-order chi connectivity index (χ1) is 10.5. The van der Waals surface area contributed by atoms with Gasteiger partial charge in [0.1, 0.15) is 5.60 Å². The van der Waals surface area contributed by atoms with E-state index in [-0.39, 0.29) is 24.1 Å². The van der Waals surface area contributed by atoms with Crippen LogP contribution in [0.15, 0.2) is 0 Å². The van der Waals surface area contributed by atoms with Gasteiger partial charge in [-0.15, -0.1) is 0 Å². The largest absolute Gasteiger partial charge is 0.444 e. The lowest BCUT2D eigenvalue weighted by Gasteiger charge is -2.29. The van der Waals surface area contributed by atoms with Gasteiger partial charge in [-0.3, -0.25) is 0 Å². The van der Waals surface area contributed by atoms with Crippen molar-refractivity contribution in [1.82, 2.24) is 10.2 Å². The molecule has 7 nitrogen and oxygen atoms in total. The van der Waals surface area contributed by atoms with Gasteiger partial charge in [0.05, 0.1) is 17.6 Å². The van der Waals surface area contributed by atoms with E-state index < -0.39 is 27.6 Å². The number of ether oxygens (including phenoxy) is 1. The van der Waals surface area contributed by atoms with Gasteiger partial charge in [0.15, 0.2) is 9.84 Å². The molecule has 0 radical (unpaired) electrons. The Bertz CT molecular complexity index is 485. The van der Waals surface area contributed by atoms with E-state index in [1.165, 1.54) is 4.90 Å². The first-order valence-electron chi connectivity index (χ1n) is 8.08. The van der Waals surface area contributed by atoms with Crippen LogP contribution in [0.25, 0.3) is 0 Å². The highest BCUT2D eigenvalue weighted by atomic mass is 32.2. The van der Waals surface area contributed by atoms with E-state index in [0.29, 0.717) is 19.5 Å². The molecule has 0 aromatic rings. The smallest absolute Gasteiger partial charge is 0.410 e. The van der Waals surface area contributed by atoms with Gasteiger partial charge in [-0.1, -0.05) is 0 Å². The summed E-state index contributed by atoms with van der Waals surface area (Å²) in [5, 5.41) is 12.7. The third kappa shape index (κ3) is 8.53. The normalized spacial score (nSPS) is 22.4. The van der Waals surface area contributed by atoms with Crippen molar-refractivity contribution < 1.29 is 23.1 Å². The van der Waals surface area contributed by atoms with Crippen molar-refractivity contribution in [2.45, 2.75) is 58.3 Å². The Morgan fingerprint density at radius 3 is 2.61 bits per heavy atom. The number of hydrogen-bond donors (Lipinski definition) is 2. The highest BCUT2D eigenvalue weighted by molar-refractivity contribution is 7.91. The topological polar surface area (TPSA) is 95.9 Å². The van der Waals surface area contributed by atoms with Crippen molar-refractivity contribution in [3.8, 4) is 0 Å². The lowest BCUT2D eigenvalue weighted by atomic mass is 10.2. The minimum Gasteiger partial charge on any atom is -0.444 e. The van der Waals surface area contributed by atoms with Crippen molar-refractivity contribution in [3.05, 3.63) is 0 Å². The predicted octanol–water partition coefficient (Wildman–Crippen LogP) is 0.771. The highest BCUT2D eigenvalue weighted by Crippen LogP contribution is 2.12. The summed E-state index contributed by atoms with van der Waals surface area (Å²) < 4.78 is 28.6. The summed E-state index contributed by atoms with van der Waals surface area (Å²) in [7, 11) is -2.95. The van der Waals surface area contributed by atoms with Gasteiger partial charge in [0.25, 0.3) is 0 Å². The Balaban J connectivity index is 2.49. The Kier molecular flexibility index (Phi) is 7.29. The second-order valence-corrected chi connectivity index (χ2v) is 9.41. The average molecular weight is 350 g/mol. The Hall–Kier alpha value is -0.860. The summed E-state index contributed by atoms with van der Waals surface area (Å²) in [6, 6.07) is -0.0687. The second-order valence-electron chi connectivity index (χ2n) is 7.18. The highest BCUT2D eigenvalue weighted by Gasteiger charge is 2.26. The third-order valence-electron chi connectivity index (χ3n) is 3.41. The molecule has 0 aromatic heterocycles. The number of rotatable bonds is 6. The SMILES string of the molecule is CC(O)CN(CCNC1CCCS(=O)(=O)C1)C(=O)OC(C)(C)C. The van der Waals surface area contributed by atoms with Crippen molar-refractivity contribution in [2.24, 2.45) is 0 Å². The molecule has 2 unspecified atom stereocenters. The maximum atomic E-state index is 12.1. The predicted molar refractivity (Wildman–Crippen MR) is 89.2 cm³/mol. The summed E-state index contributed by atoms with van der Waals surface area (Å²) in [6.45, 7) is 7.98. The zero-order chi connectivity index (χ0) is 17.7. The van der Waals surface area contributed by atoms with Gasteiger partial charge >= 0.3 is 6.09 Å². The molecule has 0 spiro atoms. The molecule has 1 heterocycles. The molecule has 1 aliphatic rings. The van der Waals surface area contributed by atoms with Crippen molar-refractivity contribution in [1.29, 1.82) is 0 Å². The summed E-state index contributed by atoms with van der Waals surface area (Å²) in [6.07, 6.45) is 0.361. The van der Waals surface area contributed by atoms with Crippen LogP contribution in [-0.4, -0.2) is 73.4 Å². The molecule has 1 rings (SSSR count). The lowest BCUT2D eigenvalue weighted by molar-refractivity contribution is 0.0163. The fourth-order valence-corrected chi connectivity index (χ4v) is 4.16. The molecule has 1 fully saturated rings. The van der Waals surface area contributed by atoms with Gasteiger partial charge in [0, 0.05) is 25.7 Å². The van der Waals surface area contributed by atoms with Crippen LogP contribution in [-0.2, 0) is 14.6 Å². The number of nitrogens with one attached hydrogen (secondary N) is 1. The summed E-state index contributed by atoms with van der Waals surface area (Å²) in [5.41, 5.74) is -0.598. The first-order valence-corrected chi connectivity index (χ1v) is 9.90. The Morgan fingerprint density at radius 1 is 1.43 bits per heavy atom. The van der Waals surface area contributed by atoms with Crippen molar-refractivity contribution >= 4 is 15.9 Å². The summed E-state index contributed by atoms with van der Waals surface area (Å²) in [5.74, 6) is 0.410. The van der Waals surface area contributed by atoms with Crippen LogP contribution in [0.1, 0.15) is 40.5 Å². The van der Waals surface area contributed by atoms with E-state index in [9.17, 15) is 18.3 Å². The molecular formula is C15H30N2O5S. The Morgan fingerprint density at radius 2 is 2.09 bits per heavy atom. The van der Waals surface area contributed by atoms with Gasteiger partial charge < -0.3 is 20.1 Å². The molecule has 0 aromatic carbocycles. The van der Waals surface area contributed by atoms with Crippen LogP contribution in [0.5, 0.6) is 0 Å². The molecule has 0 aliphatic carbocycles. The fourth-order valence-electron chi connectivity index (χ4n) is 2.49. The molecule has 1 saturated heterocycles. The third-order valence-corrected chi connectivity index (χ3v) is 5.24.